The first-order valence-electron chi connectivity index (χ1n) is 13.1. The Labute approximate surface area is 228 Å². The Kier molecular flexibility index (Phi) is 5.18. The van der Waals surface area contributed by atoms with E-state index in [0.29, 0.717) is 16.8 Å². The Hall–Kier alpha value is -4.74. The molecule has 0 bridgehead atoms. The molecule has 5 aromatic carbocycles. The van der Waals surface area contributed by atoms with Crippen molar-refractivity contribution in [2.24, 2.45) is 0 Å². The van der Waals surface area contributed by atoms with Crippen molar-refractivity contribution in [3.63, 3.8) is 0 Å². The average Bonchev–Trinajstić information content (AvgIpc) is 3.23. The number of carbonyl (C=O) groups excluding carboxylic acids is 2. The van der Waals surface area contributed by atoms with Crippen LogP contribution in [0.15, 0.2) is 121 Å². The summed E-state index contributed by atoms with van der Waals surface area (Å²) in [6, 6.07) is 40.4. The van der Waals surface area contributed by atoms with Gasteiger partial charge in [0.1, 0.15) is 8.07 Å². The zero-order valence-electron chi connectivity index (χ0n) is 21.8. The molecular weight excluding hydrogens is 496 g/mol. The summed E-state index contributed by atoms with van der Waals surface area (Å²) in [4.78, 5) is 30.4. The van der Waals surface area contributed by atoms with Crippen molar-refractivity contribution in [3.05, 3.63) is 132 Å². The third-order valence-corrected chi connectivity index (χ3v) is 11.5. The Balaban J connectivity index is 1.26. The number of rotatable bonds is 3. The maximum atomic E-state index is 13.5. The minimum absolute atomic E-state index is 0.288. The van der Waals surface area contributed by atoms with Crippen LogP contribution in [0, 0.1) is 0 Å². The van der Waals surface area contributed by atoms with Crippen molar-refractivity contribution in [3.8, 4) is 11.1 Å². The van der Waals surface area contributed by atoms with E-state index in [1.807, 2.05) is 66.7 Å². The van der Waals surface area contributed by atoms with E-state index in [4.69, 9.17) is 0 Å². The fraction of sp³-hybridized carbons (Fsp3) is 0.0588. The maximum Gasteiger partial charge on any atom is 0.266 e. The zero-order valence-corrected chi connectivity index (χ0v) is 22.8. The van der Waals surface area contributed by atoms with E-state index in [1.165, 1.54) is 26.6 Å². The van der Waals surface area contributed by atoms with Gasteiger partial charge in [-0.25, -0.2) is 4.90 Å². The molecule has 0 radical (unpaired) electrons. The molecule has 2 aliphatic heterocycles. The molecule has 2 heterocycles. The molecule has 7 rings (SSSR count). The van der Waals surface area contributed by atoms with Crippen molar-refractivity contribution in [2.75, 3.05) is 9.80 Å². The number of hydrogen-bond acceptors (Lipinski definition) is 3. The molecule has 2 amide bonds. The third-order valence-electron chi connectivity index (χ3n) is 8.00. The van der Waals surface area contributed by atoms with Gasteiger partial charge in [-0.2, -0.15) is 0 Å². The molecular formula is C34H26N2O2Si. The second kappa shape index (κ2) is 8.65. The smallest absolute Gasteiger partial charge is 0.266 e. The highest BCUT2D eigenvalue weighted by molar-refractivity contribution is 7.02. The molecule has 0 aliphatic carbocycles. The van der Waals surface area contributed by atoms with Gasteiger partial charge in [0.05, 0.1) is 16.8 Å². The SMILES string of the molecule is C[Si]1(C)c2ccccc2N(c2ccc(N3C(=O)c4ccc(-c5ccccc5)cc4C3=O)cc2)c2ccccc21. The van der Waals surface area contributed by atoms with Crippen LogP contribution in [0.2, 0.25) is 13.1 Å². The average molecular weight is 523 g/mol. The van der Waals surface area contributed by atoms with Crippen molar-refractivity contribution in [2.45, 2.75) is 13.1 Å². The second-order valence-corrected chi connectivity index (χ2v) is 14.9. The van der Waals surface area contributed by atoms with Crippen LogP contribution in [0.1, 0.15) is 20.7 Å². The molecule has 0 N–H and O–H groups in total. The first kappa shape index (κ1) is 23.4. The van der Waals surface area contributed by atoms with Gasteiger partial charge in [-0.1, -0.05) is 85.9 Å². The summed E-state index contributed by atoms with van der Waals surface area (Å²) in [5.74, 6) is -0.578. The normalized spacial score (nSPS) is 15.1. The van der Waals surface area contributed by atoms with Crippen molar-refractivity contribution >= 4 is 53.0 Å². The quantitative estimate of drug-likeness (QED) is 0.194. The Morgan fingerprint density at radius 2 is 1.00 bits per heavy atom. The van der Waals surface area contributed by atoms with Gasteiger partial charge in [0.2, 0.25) is 0 Å². The van der Waals surface area contributed by atoms with Crippen LogP contribution >= 0.6 is 0 Å². The Morgan fingerprint density at radius 3 is 1.62 bits per heavy atom. The molecule has 0 atom stereocenters. The van der Waals surface area contributed by atoms with E-state index in [1.54, 1.807) is 6.07 Å². The molecule has 0 spiro atoms. The van der Waals surface area contributed by atoms with Crippen LogP contribution in [0.25, 0.3) is 11.1 Å². The number of nitrogens with zero attached hydrogens (tertiary/aromatic N) is 2. The number of imide groups is 1. The first-order valence-corrected chi connectivity index (χ1v) is 16.1. The predicted molar refractivity (Wildman–Crippen MR) is 161 cm³/mol. The van der Waals surface area contributed by atoms with Gasteiger partial charge in [-0.15, -0.1) is 0 Å². The number of anilines is 4. The van der Waals surface area contributed by atoms with Crippen LogP contribution < -0.4 is 20.2 Å². The topological polar surface area (TPSA) is 40.6 Å². The molecule has 0 saturated carbocycles. The number of para-hydroxylation sites is 2. The molecule has 188 valence electrons. The molecule has 0 aromatic heterocycles. The number of fused-ring (bicyclic) bond motifs is 3. The standard InChI is InChI=1S/C34H26N2O2Si/c1-39(2)31-14-8-6-12-29(31)35(30-13-7-9-15-32(30)39)25-17-19-26(20-18-25)36-33(37)27-21-16-24(22-28(27)34(36)38)23-10-4-3-5-11-23/h3-22H,1-2H3. The van der Waals surface area contributed by atoms with Crippen molar-refractivity contribution in [1.82, 2.24) is 0 Å². The number of benzene rings is 5. The van der Waals surface area contributed by atoms with E-state index in [-0.39, 0.29) is 11.8 Å². The molecule has 39 heavy (non-hydrogen) atoms. The first-order chi connectivity index (χ1) is 18.9. The molecule has 4 nitrogen and oxygen atoms in total. The highest BCUT2D eigenvalue weighted by Gasteiger charge is 2.39. The second-order valence-electron chi connectivity index (χ2n) is 10.6. The van der Waals surface area contributed by atoms with Crippen LogP contribution in [-0.4, -0.2) is 19.9 Å². The van der Waals surface area contributed by atoms with Crippen molar-refractivity contribution in [1.29, 1.82) is 0 Å². The lowest BCUT2D eigenvalue weighted by Gasteiger charge is -2.41. The molecule has 5 heteroatoms. The zero-order chi connectivity index (χ0) is 26.7. The minimum atomic E-state index is -1.86. The fourth-order valence-corrected chi connectivity index (χ4v) is 8.97. The Morgan fingerprint density at radius 1 is 0.487 bits per heavy atom. The molecule has 5 aromatic rings. The molecule has 0 saturated heterocycles. The molecule has 0 unspecified atom stereocenters. The largest absolute Gasteiger partial charge is 0.311 e. The van der Waals surface area contributed by atoms with Gasteiger partial charge in [0, 0.05) is 17.1 Å². The van der Waals surface area contributed by atoms with Crippen molar-refractivity contribution < 1.29 is 9.59 Å². The monoisotopic (exact) mass is 522 g/mol. The lowest BCUT2D eigenvalue weighted by atomic mass is 10.0. The van der Waals surface area contributed by atoms with Gasteiger partial charge in [-0.05, 0) is 70.0 Å². The van der Waals surface area contributed by atoms with Gasteiger partial charge >= 0.3 is 0 Å². The highest BCUT2D eigenvalue weighted by atomic mass is 28.3. The summed E-state index contributed by atoms with van der Waals surface area (Å²) in [5.41, 5.74) is 6.75. The van der Waals surface area contributed by atoms with Gasteiger partial charge in [-0.3, -0.25) is 9.59 Å². The van der Waals surface area contributed by atoms with E-state index < -0.39 is 8.07 Å². The summed E-state index contributed by atoms with van der Waals surface area (Å²) >= 11 is 0. The lowest BCUT2D eigenvalue weighted by Crippen LogP contribution is -2.58. The van der Waals surface area contributed by atoms with Gasteiger partial charge in [0.25, 0.3) is 11.8 Å². The van der Waals surface area contributed by atoms with E-state index in [2.05, 4.69) is 66.5 Å². The predicted octanol–water partition coefficient (Wildman–Crippen LogP) is 6.76. The third kappa shape index (κ3) is 3.51. The highest BCUT2D eigenvalue weighted by Crippen LogP contribution is 2.39. The summed E-state index contributed by atoms with van der Waals surface area (Å²) in [5, 5.41) is 2.78. The summed E-state index contributed by atoms with van der Waals surface area (Å²) in [7, 11) is -1.86. The minimum Gasteiger partial charge on any atom is -0.311 e. The number of hydrogen-bond donors (Lipinski definition) is 0. The summed E-state index contributed by atoms with van der Waals surface area (Å²) in [6.07, 6.45) is 0. The van der Waals surface area contributed by atoms with Crippen LogP contribution in [0.5, 0.6) is 0 Å². The summed E-state index contributed by atoms with van der Waals surface area (Å²) < 4.78 is 0. The van der Waals surface area contributed by atoms with Gasteiger partial charge < -0.3 is 4.90 Å². The number of amides is 2. The molecule has 0 fully saturated rings. The number of carbonyl (C=O) groups is 2. The van der Waals surface area contributed by atoms with Crippen LogP contribution in [-0.2, 0) is 0 Å². The summed E-state index contributed by atoms with van der Waals surface area (Å²) in [6.45, 7) is 4.80. The van der Waals surface area contributed by atoms with Crippen LogP contribution in [0.3, 0.4) is 0 Å². The fourth-order valence-electron chi connectivity index (χ4n) is 5.98. The van der Waals surface area contributed by atoms with Gasteiger partial charge in [0.15, 0.2) is 0 Å². The van der Waals surface area contributed by atoms with E-state index in [9.17, 15) is 9.59 Å². The molecule has 2 aliphatic rings. The lowest BCUT2D eigenvalue weighted by molar-refractivity contribution is 0.0926. The Bertz CT molecular complexity index is 1730. The maximum absolute atomic E-state index is 13.5. The van der Waals surface area contributed by atoms with Crippen LogP contribution in [0.4, 0.5) is 22.7 Å². The van der Waals surface area contributed by atoms with E-state index in [0.717, 1.165) is 16.8 Å². The van der Waals surface area contributed by atoms with E-state index >= 15 is 0 Å².